The van der Waals surface area contributed by atoms with E-state index in [2.05, 4.69) is 281 Å². The first-order valence-corrected chi connectivity index (χ1v) is 29.2. The lowest BCUT2D eigenvalue weighted by Crippen LogP contribution is -2.61. The van der Waals surface area contributed by atoms with Gasteiger partial charge in [0, 0.05) is 45.1 Å². The molecule has 9 aromatic rings. The molecular formula is C74H78BN3O. The van der Waals surface area contributed by atoms with Crippen LogP contribution in [0.4, 0.5) is 51.2 Å². The largest absolute Gasteiger partial charge is 0.468 e. The van der Waals surface area contributed by atoms with Crippen molar-refractivity contribution in [3.8, 4) is 11.1 Å². The first-order valence-electron chi connectivity index (χ1n) is 29.2. The molecule has 0 atom stereocenters. The van der Waals surface area contributed by atoms with Crippen molar-refractivity contribution >= 4 is 85.5 Å². The summed E-state index contributed by atoms with van der Waals surface area (Å²) in [4.78, 5) is 7.74. The standard InChI is InChI=1S/C74H78BN3O/c1-69(2,3)48-30-33-52(34-31-48)77-62-45-58-57(72(9,10)37-38-73(58,11)12)44-60(62)75-66-63(77)41-53(76(50-26-20-16-21-27-50)51-28-22-17-23-29-51)42-64(66)78(61-35-32-49(70(4,5)6)40-54(61)47-24-18-15-19-25-47)67-55-43-56-59(46-65(55)79-68(67)75)74(13,14)39-36-71(56,7)8/h15-35,40-46H,36-39H2,1-14H3. The number of nitrogens with zero attached hydrogens (tertiary/aromatic N) is 3. The lowest BCUT2D eigenvalue weighted by Gasteiger charge is -2.47. The number of anilines is 9. The molecule has 79 heavy (non-hydrogen) atoms. The maximum Gasteiger partial charge on any atom is 0.297 e. The molecule has 0 spiro atoms. The lowest BCUT2D eigenvalue weighted by atomic mass is 9.35. The van der Waals surface area contributed by atoms with Crippen molar-refractivity contribution in [2.75, 3.05) is 14.7 Å². The average Bonchev–Trinajstić information content (AvgIpc) is 2.91. The minimum Gasteiger partial charge on any atom is -0.468 e. The number of hydrogen-bond acceptors (Lipinski definition) is 4. The zero-order chi connectivity index (χ0) is 55.3. The summed E-state index contributed by atoms with van der Waals surface area (Å²) in [7, 11) is 0. The Morgan fingerprint density at radius 3 is 1.47 bits per heavy atom. The van der Waals surface area contributed by atoms with E-state index in [1.54, 1.807) is 0 Å². The van der Waals surface area contributed by atoms with Crippen LogP contribution < -0.4 is 31.3 Å². The predicted molar refractivity (Wildman–Crippen MR) is 338 cm³/mol. The molecule has 0 radical (unpaired) electrons. The van der Waals surface area contributed by atoms with Gasteiger partial charge in [-0.2, -0.15) is 0 Å². The average molecular weight is 1040 g/mol. The fourth-order valence-electron chi connectivity index (χ4n) is 14.0. The van der Waals surface area contributed by atoms with Crippen molar-refractivity contribution < 1.29 is 4.42 Å². The third kappa shape index (κ3) is 8.22. The highest BCUT2D eigenvalue weighted by Crippen LogP contribution is 2.56. The highest BCUT2D eigenvalue weighted by molar-refractivity contribution is 7.00. The molecule has 1 aromatic heterocycles. The second kappa shape index (κ2) is 17.6. The Morgan fingerprint density at radius 2 is 0.924 bits per heavy atom. The third-order valence-electron chi connectivity index (χ3n) is 19.1. The van der Waals surface area contributed by atoms with Crippen LogP contribution in [0.3, 0.4) is 0 Å². The van der Waals surface area contributed by atoms with Gasteiger partial charge in [0.15, 0.2) is 0 Å². The fraction of sp³-hybridized carbons (Fsp3) is 0.324. The van der Waals surface area contributed by atoms with E-state index in [-0.39, 0.29) is 39.2 Å². The zero-order valence-electron chi connectivity index (χ0n) is 49.3. The second-order valence-corrected chi connectivity index (χ2v) is 28.4. The Labute approximate surface area is 471 Å². The fourth-order valence-corrected chi connectivity index (χ4v) is 14.0. The van der Waals surface area contributed by atoms with Crippen LogP contribution in [-0.2, 0) is 32.5 Å². The number of furan rings is 1. The number of benzene rings is 8. The molecule has 5 heteroatoms. The highest BCUT2D eigenvalue weighted by atomic mass is 16.3. The van der Waals surface area contributed by atoms with Gasteiger partial charge in [-0.25, -0.2) is 0 Å². The van der Waals surface area contributed by atoms with Crippen molar-refractivity contribution in [1.29, 1.82) is 0 Å². The molecule has 0 saturated heterocycles. The van der Waals surface area contributed by atoms with Crippen LogP contribution in [0.15, 0.2) is 174 Å². The van der Waals surface area contributed by atoms with Gasteiger partial charge < -0.3 is 19.1 Å². The van der Waals surface area contributed by atoms with Crippen LogP contribution in [-0.4, -0.2) is 6.71 Å². The summed E-state index contributed by atoms with van der Waals surface area (Å²) in [5.41, 5.74) is 25.3. The maximum absolute atomic E-state index is 7.88. The molecular weight excluding hydrogens is 958 g/mol. The van der Waals surface area contributed by atoms with Crippen LogP contribution in [0.5, 0.6) is 0 Å². The molecule has 13 rings (SSSR count). The molecule has 0 N–H and O–H groups in total. The van der Waals surface area contributed by atoms with E-state index in [4.69, 9.17) is 4.42 Å². The lowest BCUT2D eigenvalue weighted by molar-refractivity contribution is 0.332. The van der Waals surface area contributed by atoms with E-state index in [1.165, 1.54) is 66.5 Å². The van der Waals surface area contributed by atoms with Crippen molar-refractivity contribution in [1.82, 2.24) is 0 Å². The molecule has 4 nitrogen and oxygen atoms in total. The first kappa shape index (κ1) is 51.2. The molecule has 0 bridgehead atoms. The molecule has 398 valence electrons. The van der Waals surface area contributed by atoms with Crippen molar-refractivity contribution in [2.24, 2.45) is 0 Å². The van der Waals surface area contributed by atoms with Crippen LogP contribution in [0.25, 0.3) is 22.1 Å². The molecule has 2 aliphatic carbocycles. The monoisotopic (exact) mass is 1040 g/mol. The summed E-state index contributed by atoms with van der Waals surface area (Å²) >= 11 is 0. The summed E-state index contributed by atoms with van der Waals surface area (Å²) in [6.45, 7) is 33.4. The van der Waals surface area contributed by atoms with Crippen molar-refractivity contribution in [3.05, 3.63) is 203 Å². The number of fused-ring (bicyclic) bond motifs is 8. The molecule has 2 aliphatic heterocycles. The van der Waals surface area contributed by atoms with E-state index < -0.39 is 0 Å². The molecule has 0 unspecified atom stereocenters. The quantitative estimate of drug-likeness (QED) is 0.155. The predicted octanol–water partition coefficient (Wildman–Crippen LogP) is 18.9. The minimum absolute atomic E-state index is 0.00338. The van der Waals surface area contributed by atoms with Crippen molar-refractivity contribution in [3.63, 3.8) is 0 Å². The highest BCUT2D eigenvalue weighted by Gasteiger charge is 2.50. The summed E-state index contributed by atoms with van der Waals surface area (Å²) in [5.74, 6) is 0. The smallest absolute Gasteiger partial charge is 0.297 e. The Morgan fingerprint density at radius 1 is 0.443 bits per heavy atom. The first-order chi connectivity index (χ1) is 37.4. The summed E-state index contributed by atoms with van der Waals surface area (Å²) in [6, 6.07) is 65.0. The van der Waals surface area contributed by atoms with Gasteiger partial charge in [0.1, 0.15) is 5.58 Å². The molecule has 0 fully saturated rings. The van der Waals surface area contributed by atoms with Crippen LogP contribution in [0.2, 0.25) is 0 Å². The van der Waals surface area contributed by atoms with Crippen LogP contribution >= 0.6 is 0 Å². The van der Waals surface area contributed by atoms with E-state index in [9.17, 15) is 0 Å². The van der Waals surface area contributed by atoms with Gasteiger partial charge in [-0.05, 0) is 187 Å². The van der Waals surface area contributed by atoms with Gasteiger partial charge in [-0.1, -0.05) is 188 Å². The normalized spacial score (nSPS) is 17.4. The minimum atomic E-state index is -0.224. The van der Waals surface area contributed by atoms with Gasteiger partial charge in [-0.3, -0.25) is 0 Å². The Kier molecular flexibility index (Phi) is 11.4. The number of rotatable bonds is 6. The Hall–Kier alpha value is -7.24. The van der Waals surface area contributed by atoms with E-state index in [1.807, 2.05) is 0 Å². The molecule has 8 aromatic carbocycles. The molecule has 4 aliphatic rings. The summed E-state index contributed by atoms with van der Waals surface area (Å²) in [5, 5.41) is 1.17. The number of hydrogen-bond donors (Lipinski definition) is 0. The topological polar surface area (TPSA) is 22.9 Å². The van der Waals surface area contributed by atoms with Gasteiger partial charge in [0.2, 0.25) is 0 Å². The molecule has 0 amide bonds. The maximum atomic E-state index is 7.88. The molecule has 0 saturated carbocycles. The second-order valence-electron chi connectivity index (χ2n) is 28.4. The van der Waals surface area contributed by atoms with Gasteiger partial charge in [0.25, 0.3) is 6.71 Å². The molecule has 3 heterocycles. The van der Waals surface area contributed by atoms with Crippen molar-refractivity contribution in [2.45, 2.75) is 155 Å². The summed E-state index contributed by atoms with van der Waals surface area (Å²) in [6.07, 6.45) is 4.50. The Balaban J connectivity index is 1.23. The van der Waals surface area contributed by atoms with E-state index in [0.717, 1.165) is 82.4 Å². The van der Waals surface area contributed by atoms with Gasteiger partial charge in [-0.15, -0.1) is 0 Å². The van der Waals surface area contributed by atoms with Crippen LogP contribution in [0, 0.1) is 0 Å². The third-order valence-corrected chi connectivity index (χ3v) is 19.1. The van der Waals surface area contributed by atoms with E-state index in [0.29, 0.717) is 0 Å². The van der Waals surface area contributed by atoms with Crippen LogP contribution in [0.1, 0.15) is 156 Å². The number of para-hydroxylation sites is 2. The van der Waals surface area contributed by atoms with Gasteiger partial charge in [0.05, 0.1) is 22.7 Å². The SMILES string of the molecule is CC(C)(C)c1ccc(N2c3cc4c(cc3B3c5oc6cc7c(cc6c5N(c5ccc(C(C)(C)C)cc5-c5ccccc5)c5cc(N(c6ccccc6)c6ccccc6)cc2c53)C(C)(C)CCC7(C)C)C(C)(C)CCC4(C)C)cc1. The summed E-state index contributed by atoms with van der Waals surface area (Å²) < 4.78 is 7.88. The van der Waals surface area contributed by atoms with E-state index >= 15 is 0 Å². The Bertz CT molecular complexity index is 3830. The van der Waals surface area contributed by atoms with Gasteiger partial charge >= 0.3 is 0 Å². The zero-order valence-corrected chi connectivity index (χ0v) is 49.3.